The van der Waals surface area contributed by atoms with E-state index in [4.69, 9.17) is 10.00 Å². The zero-order valence-electron chi connectivity index (χ0n) is 19.6. The second kappa shape index (κ2) is 12.5. The van der Waals surface area contributed by atoms with Crippen LogP contribution in [-0.4, -0.2) is 43.6 Å². The topological polar surface area (TPSA) is 153 Å². The van der Waals surface area contributed by atoms with E-state index in [2.05, 4.69) is 20.9 Å². The zero-order valence-corrected chi connectivity index (χ0v) is 20.4. The molecule has 0 radical (unpaired) electrons. The summed E-state index contributed by atoms with van der Waals surface area (Å²) in [6.07, 6.45) is 4.17. The van der Waals surface area contributed by atoms with Crippen LogP contribution in [0.25, 0.3) is 0 Å². The number of hydrogen-bond acceptors (Lipinski definition) is 9. The van der Waals surface area contributed by atoms with Gasteiger partial charge in [-0.2, -0.15) is 5.26 Å². The monoisotopic (exact) mass is 509 g/mol. The Balaban J connectivity index is 1.65. The van der Waals surface area contributed by atoms with Crippen LogP contribution in [0.3, 0.4) is 0 Å². The van der Waals surface area contributed by atoms with Gasteiger partial charge in [-0.1, -0.05) is 18.2 Å². The number of nitrogens with one attached hydrogen (secondary N) is 3. The van der Waals surface area contributed by atoms with E-state index in [1.807, 2.05) is 30.5 Å². The molecule has 0 aliphatic carbocycles. The first-order valence-electron chi connectivity index (χ1n) is 11.1. The Kier molecular flexibility index (Phi) is 9.21. The van der Waals surface area contributed by atoms with Crippen molar-refractivity contribution >= 4 is 21.5 Å². The summed E-state index contributed by atoms with van der Waals surface area (Å²) in [5.74, 6) is -1.66. The molecule has 2 unspecified atom stereocenters. The van der Waals surface area contributed by atoms with E-state index < -0.39 is 28.0 Å². The van der Waals surface area contributed by atoms with Gasteiger partial charge in [0.25, 0.3) is 0 Å². The fourth-order valence-electron chi connectivity index (χ4n) is 3.53. The highest BCUT2D eigenvalue weighted by Crippen LogP contribution is 2.26. The number of ether oxygens (including phenoxy) is 1. The highest BCUT2D eigenvalue weighted by Gasteiger charge is 2.25. The number of carboxylic acid groups (broad SMARTS) is 1. The maximum atomic E-state index is 13.0. The molecule has 36 heavy (non-hydrogen) atoms. The molecular weight excluding hydrogens is 482 g/mol. The van der Waals surface area contributed by atoms with E-state index in [1.165, 1.54) is 18.3 Å². The van der Waals surface area contributed by atoms with Crippen LogP contribution >= 0.6 is 0 Å². The number of aliphatic carboxylic acids is 1. The predicted octanol–water partition coefficient (Wildman–Crippen LogP) is 2.68. The van der Waals surface area contributed by atoms with Gasteiger partial charge in [0.15, 0.2) is 22.3 Å². The summed E-state index contributed by atoms with van der Waals surface area (Å²) < 4.78 is 31.8. The smallest absolute Gasteiger partial charge is 0.303 e. The van der Waals surface area contributed by atoms with Crippen LogP contribution in [0.4, 0.5) is 5.69 Å². The number of carbonyl (C=O) groups is 1. The number of anilines is 1. The van der Waals surface area contributed by atoms with Gasteiger partial charge >= 0.3 is 5.97 Å². The van der Waals surface area contributed by atoms with Crippen LogP contribution in [-0.2, 0) is 21.2 Å². The van der Waals surface area contributed by atoms with Gasteiger partial charge in [0.1, 0.15) is 12.4 Å². The second-order valence-electron chi connectivity index (χ2n) is 7.95. The number of aromatic nitrogens is 1. The number of carboxylic acids is 1. The lowest BCUT2D eigenvalue weighted by atomic mass is 10.00. The molecule has 1 heterocycles. The molecule has 2 aromatic carbocycles. The first-order valence-corrected chi connectivity index (χ1v) is 12.7. The molecule has 0 spiro atoms. The van der Waals surface area contributed by atoms with Crippen molar-refractivity contribution in [3.8, 4) is 11.9 Å². The van der Waals surface area contributed by atoms with Crippen molar-refractivity contribution in [3.63, 3.8) is 0 Å². The lowest BCUT2D eigenvalue weighted by Crippen LogP contribution is -2.43. The molecular formula is C25H27N5O5S. The molecule has 0 aliphatic rings. The number of nitriles is 1. The number of hydrogen-bond donors (Lipinski definition) is 4. The average molecular weight is 510 g/mol. The molecule has 188 valence electrons. The third-order valence-electron chi connectivity index (χ3n) is 5.32. The molecule has 0 saturated carbocycles. The molecule has 1 aromatic heterocycles. The summed E-state index contributed by atoms with van der Waals surface area (Å²) >= 11 is 0. The average Bonchev–Trinajstić information content (AvgIpc) is 2.87. The van der Waals surface area contributed by atoms with Crippen molar-refractivity contribution in [2.75, 3.05) is 18.1 Å². The maximum absolute atomic E-state index is 13.0. The lowest BCUT2D eigenvalue weighted by Gasteiger charge is -2.18. The second-order valence-corrected chi connectivity index (χ2v) is 9.98. The zero-order chi connectivity index (χ0) is 26.0. The minimum atomic E-state index is -3.75. The number of nitrogens with zero attached hydrogens (tertiary/aromatic N) is 2. The first kappa shape index (κ1) is 26.5. The Morgan fingerprint density at radius 3 is 2.58 bits per heavy atom. The third-order valence-corrected chi connectivity index (χ3v) is 7.15. The number of rotatable bonds is 13. The summed E-state index contributed by atoms with van der Waals surface area (Å²) in [5.41, 5.74) is 2.21. The van der Waals surface area contributed by atoms with Gasteiger partial charge in [-0.05, 0) is 60.6 Å². The van der Waals surface area contributed by atoms with Gasteiger partial charge < -0.3 is 15.2 Å². The molecule has 3 aromatic rings. The van der Waals surface area contributed by atoms with Crippen molar-refractivity contribution in [2.45, 2.75) is 30.1 Å². The molecule has 4 N–H and O–H groups in total. The molecule has 0 saturated heterocycles. The summed E-state index contributed by atoms with van der Waals surface area (Å²) in [4.78, 5) is 15.4. The van der Waals surface area contributed by atoms with Gasteiger partial charge in [0, 0.05) is 24.0 Å². The number of sulfone groups is 1. The van der Waals surface area contributed by atoms with Crippen molar-refractivity contribution in [2.24, 2.45) is 0 Å². The fraction of sp³-hybridized carbons (Fsp3) is 0.240. The van der Waals surface area contributed by atoms with E-state index in [1.54, 1.807) is 37.5 Å². The molecule has 3 rings (SSSR count). The Morgan fingerprint density at radius 2 is 1.94 bits per heavy atom. The lowest BCUT2D eigenvalue weighted by molar-refractivity contribution is -0.137. The van der Waals surface area contributed by atoms with Gasteiger partial charge in [0.05, 0.1) is 17.1 Å². The van der Waals surface area contributed by atoms with Gasteiger partial charge in [0.2, 0.25) is 0 Å². The highest BCUT2D eigenvalue weighted by atomic mass is 32.2. The molecule has 0 bridgehead atoms. The van der Waals surface area contributed by atoms with E-state index in [0.29, 0.717) is 11.3 Å². The number of pyridine rings is 1. The molecule has 11 heteroatoms. The highest BCUT2D eigenvalue weighted by molar-refractivity contribution is 7.91. The van der Waals surface area contributed by atoms with Crippen LogP contribution in [0.1, 0.15) is 23.5 Å². The SMILES string of the molecule is CNC(NC#N)Nc1cccc(COc2ccc(S(=O)(=O)CC(CC(=O)O)c3cccnc3)cc2)c1. The summed E-state index contributed by atoms with van der Waals surface area (Å²) in [5, 5.41) is 26.6. The van der Waals surface area contributed by atoms with Crippen LogP contribution < -0.4 is 20.7 Å². The van der Waals surface area contributed by atoms with Crippen LogP contribution in [0, 0.1) is 11.5 Å². The Bertz CT molecular complexity index is 1290. The normalized spacial score (nSPS) is 12.7. The minimum Gasteiger partial charge on any atom is -0.489 e. The molecule has 10 nitrogen and oxygen atoms in total. The van der Waals surface area contributed by atoms with E-state index in [-0.39, 0.29) is 23.7 Å². The van der Waals surface area contributed by atoms with Crippen molar-refractivity contribution in [1.29, 1.82) is 5.26 Å². The minimum absolute atomic E-state index is 0.0865. The molecule has 0 fully saturated rings. The van der Waals surface area contributed by atoms with Crippen molar-refractivity contribution < 1.29 is 23.1 Å². The maximum Gasteiger partial charge on any atom is 0.303 e. The summed E-state index contributed by atoms with van der Waals surface area (Å²) in [6.45, 7) is 0.249. The fourth-order valence-corrected chi connectivity index (χ4v) is 5.12. The quantitative estimate of drug-likeness (QED) is 0.154. The van der Waals surface area contributed by atoms with Gasteiger partial charge in [-0.3, -0.25) is 20.4 Å². The van der Waals surface area contributed by atoms with E-state index >= 15 is 0 Å². The molecule has 0 aliphatic heterocycles. The van der Waals surface area contributed by atoms with Crippen molar-refractivity contribution in [3.05, 3.63) is 84.2 Å². The van der Waals surface area contributed by atoms with Crippen LogP contribution in [0.5, 0.6) is 5.75 Å². The van der Waals surface area contributed by atoms with E-state index in [9.17, 15) is 18.3 Å². The third kappa shape index (κ3) is 7.69. The summed E-state index contributed by atoms with van der Waals surface area (Å²) in [6, 6.07) is 16.8. The van der Waals surface area contributed by atoms with Crippen molar-refractivity contribution in [1.82, 2.24) is 15.6 Å². The molecule has 0 amide bonds. The molecule has 2 atom stereocenters. The predicted molar refractivity (Wildman–Crippen MR) is 134 cm³/mol. The summed E-state index contributed by atoms with van der Waals surface area (Å²) in [7, 11) is -2.04. The first-order chi connectivity index (χ1) is 17.3. The van der Waals surface area contributed by atoms with E-state index in [0.717, 1.165) is 11.3 Å². The van der Waals surface area contributed by atoms with Gasteiger partial charge in [-0.15, -0.1) is 0 Å². The largest absolute Gasteiger partial charge is 0.489 e. The van der Waals surface area contributed by atoms with Gasteiger partial charge in [-0.25, -0.2) is 8.42 Å². The van der Waals surface area contributed by atoms with Crippen LogP contribution in [0.2, 0.25) is 0 Å². The number of benzene rings is 2. The standard InChI is InChI=1S/C25H27N5O5S/c1-27-25(29-17-26)30-21-6-2-4-18(12-21)15-35-22-7-9-23(10-8-22)36(33,34)16-20(13-24(31)32)19-5-3-11-28-14-19/h2-12,14,20,25,27,29-30H,13,15-16H2,1H3,(H,31,32). The Morgan fingerprint density at radius 1 is 1.17 bits per heavy atom. The Labute approximate surface area is 209 Å². The Hall–Kier alpha value is -4.14. The van der Waals surface area contributed by atoms with Crippen LogP contribution in [0.15, 0.2) is 78.0 Å².